The molecule has 0 amide bonds. The number of halogens is 1. The predicted molar refractivity (Wildman–Crippen MR) is 100 cm³/mol. The van der Waals surface area contributed by atoms with Crippen molar-refractivity contribution in [1.82, 2.24) is 20.2 Å². The van der Waals surface area contributed by atoms with E-state index in [4.69, 9.17) is 4.42 Å². The number of hydrogen-bond donors (Lipinski definition) is 2. The molecule has 1 aliphatic heterocycles. The first kappa shape index (κ1) is 18.5. The average Bonchev–Trinajstić information content (AvgIpc) is 3.38. The average molecular weight is 384 g/mol. The summed E-state index contributed by atoms with van der Waals surface area (Å²) in [6.45, 7) is 9.37. The molecule has 1 fully saturated rings. The van der Waals surface area contributed by atoms with Crippen LogP contribution in [0.2, 0.25) is 0 Å². The highest BCUT2D eigenvalue weighted by Gasteiger charge is 2.35. The summed E-state index contributed by atoms with van der Waals surface area (Å²) in [4.78, 5) is 2.92. The molecule has 1 saturated heterocycles. The van der Waals surface area contributed by atoms with Gasteiger partial charge in [0.05, 0.1) is 12.8 Å². The normalized spacial score (nSPS) is 20.8. The van der Waals surface area contributed by atoms with Gasteiger partial charge in [0.15, 0.2) is 6.04 Å². The van der Waals surface area contributed by atoms with Gasteiger partial charge >= 0.3 is 0 Å². The maximum Gasteiger partial charge on any atom is 0.214 e. The largest absolute Gasteiger partial charge is 0.467 e. The van der Waals surface area contributed by atoms with Crippen LogP contribution in [0.3, 0.4) is 0 Å². The first-order valence-electron chi connectivity index (χ1n) is 9.57. The van der Waals surface area contributed by atoms with Crippen LogP contribution in [0, 0.1) is 5.82 Å². The summed E-state index contributed by atoms with van der Waals surface area (Å²) < 4.78 is 20.8. The van der Waals surface area contributed by atoms with E-state index < -0.39 is 0 Å². The Bertz CT molecular complexity index is 884. The summed E-state index contributed by atoms with van der Waals surface area (Å²) in [5.74, 6) is 1.32. The van der Waals surface area contributed by atoms with Crippen molar-refractivity contribution >= 4 is 0 Å². The summed E-state index contributed by atoms with van der Waals surface area (Å²) >= 11 is 0. The number of nitrogens with zero attached hydrogens (tertiary/aromatic N) is 4. The Morgan fingerprint density at radius 2 is 1.96 bits per heavy atom. The highest BCUT2D eigenvalue weighted by Crippen LogP contribution is 2.18. The summed E-state index contributed by atoms with van der Waals surface area (Å²) in [6, 6.07) is 10.4. The smallest absolute Gasteiger partial charge is 0.214 e. The van der Waals surface area contributed by atoms with Crippen molar-refractivity contribution in [3.05, 3.63) is 78.3 Å². The fourth-order valence-electron chi connectivity index (χ4n) is 3.93. The third-order valence-electron chi connectivity index (χ3n) is 5.35. The molecule has 1 atom stereocenters. The van der Waals surface area contributed by atoms with E-state index in [1.54, 1.807) is 10.9 Å². The van der Waals surface area contributed by atoms with Crippen LogP contribution in [-0.2, 0) is 6.54 Å². The number of quaternary nitrogens is 2. The molecule has 0 radical (unpaired) electrons. The lowest BCUT2D eigenvalue weighted by atomic mass is 10.0. The Labute approximate surface area is 163 Å². The van der Waals surface area contributed by atoms with Crippen molar-refractivity contribution in [2.24, 2.45) is 0 Å². The van der Waals surface area contributed by atoms with E-state index in [9.17, 15) is 4.39 Å². The molecule has 4 rings (SSSR count). The van der Waals surface area contributed by atoms with Gasteiger partial charge in [0.2, 0.25) is 5.82 Å². The highest BCUT2D eigenvalue weighted by molar-refractivity contribution is 5.23. The number of piperazine rings is 1. The zero-order chi connectivity index (χ0) is 19.3. The number of tetrazole rings is 1. The second-order valence-corrected chi connectivity index (χ2v) is 7.16. The molecule has 0 saturated carbocycles. The Kier molecular flexibility index (Phi) is 5.59. The molecule has 1 aliphatic rings. The molecule has 0 spiro atoms. The number of rotatable bonds is 7. The first-order valence-corrected chi connectivity index (χ1v) is 9.57. The van der Waals surface area contributed by atoms with Crippen LogP contribution in [-0.4, -0.2) is 52.9 Å². The monoisotopic (exact) mass is 384 g/mol. The second kappa shape index (κ2) is 8.45. The summed E-state index contributed by atoms with van der Waals surface area (Å²) in [6.07, 6.45) is 3.62. The topological polar surface area (TPSA) is 65.6 Å². The number of hydrogen-bond acceptors (Lipinski definition) is 4. The molecule has 0 bridgehead atoms. The lowest BCUT2D eigenvalue weighted by molar-refractivity contribution is -1.02. The van der Waals surface area contributed by atoms with Crippen LogP contribution in [0.5, 0.6) is 0 Å². The molecule has 2 N–H and O–H groups in total. The Balaban J connectivity index is 1.64. The number of benzene rings is 1. The lowest BCUT2D eigenvalue weighted by Gasteiger charge is -2.33. The number of aromatic nitrogens is 4. The zero-order valence-corrected chi connectivity index (χ0v) is 15.7. The van der Waals surface area contributed by atoms with E-state index in [0.717, 1.165) is 49.9 Å². The quantitative estimate of drug-likeness (QED) is 0.540. The van der Waals surface area contributed by atoms with Crippen molar-refractivity contribution in [2.45, 2.75) is 12.6 Å². The van der Waals surface area contributed by atoms with Gasteiger partial charge in [-0.1, -0.05) is 6.58 Å². The number of nitrogens with one attached hydrogen (secondary N) is 2. The summed E-state index contributed by atoms with van der Waals surface area (Å²) in [5, 5.41) is 12.5. The molecule has 28 heavy (non-hydrogen) atoms. The predicted octanol–water partition coefficient (Wildman–Crippen LogP) is -0.488. The van der Waals surface area contributed by atoms with E-state index in [1.165, 1.54) is 21.9 Å². The fourth-order valence-corrected chi connectivity index (χ4v) is 3.93. The maximum atomic E-state index is 13.5. The Hall–Kier alpha value is -2.84. The molecule has 8 heteroatoms. The van der Waals surface area contributed by atoms with Crippen LogP contribution in [0.15, 0.2) is 59.7 Å². The summed E-state index contributed by atoms with van der Waals surface area (Å²) in [5.41, 5.74) is 1.01. The fraction of sp³-hybridized carbons (Fsp3) is 0.350. The Morgan fingerprint density at radius 3 is 2.64 bits per heavy atom. The van der Waals surface area contributed by atoms with Crippen molar-refractivity contribution in [3.8, 4) is 0 Å². The van der Waals surface area contributed by atoms with Crippen molar-refractivity contribution in [3.63, 3.8) is 0 Å². The van der Waals surface area contributed by atoms with Crippen LogP contribution < -0.4 is 9.80 Å². The van der Waals surface area contributed by atoms with E-state index >= 15 is 0 Å². The van der Waals surface area contributed by atoms with Gasteiger partial charge < -0.3 is 14.2 Å². The van der Waals surface area contributed by atoms with Gasteiger partial charge in [-0.2, -0.15) is 0 Å². The molecule has 1 aromatic carbocycles. The third-order valence-corrected chi connectivity index (χ3v) is 5.35. The molecule has 2 aromatic heterocycles. The van der Waals surface area contributed by atoms with Crippen molar-refractivity contribution in [1.29, 1.82) is 0 Å². The van der Waals surface area contributed by atoms with Gasteiger partial charge in [-0.3, -0.25) is 0 Å². The molecule has 0 unspecified atom stereocenters. The first-order chi connectivity index (χ1) is 13.7. The molecular weight excluding hydrogens is 359 g/mol. The number of furan rings is 1. The van der Waals surface area contributed by atoms with Gasteiger partial charge in [-0.05, 0) is 52.9 Å². The Morgan fingerprint density at radius 1 is 1.18 bits per heavy atom. The summed E-state index contributed by atoms with van der Waals surface area (Å²) in [7, 11) is 0. The molecule has 0 aliphatic carbocycles. The van der Waals surface area contributed by atoms with Crippen LogP contribution in [0.25, 0.3) is 0 Å². The standard InChI is InChI=1S/C20H23FN6O/c1-2-9-25-10-12-26(13-11-25)19(16-5-7-17(21)8-6-16)20-22-23-24-27(20)15-18-4-3-14-28-18/h2-8,14,19H,1,9-13,15H2/p+2/t19-/m1/s1. The van der Waals surface area contributed by atoms with E-state index in [-0.39, 0.29) is 11.9 Å². The van der Waals surface area contributed by atoms with Gasteiger partial charge in [0.25, 0.3) is 0 Å². The minimum absolute atomic E-state index is 0.0594. The minimum Gasteiger partial charge on any atom is -0.467 e. The highest BCUT2D eigenvalue weighted by atomic mass is 19.1. The van der Waals surface area contributed by atoms with Gasteiger partial charge in [0, 0.05) is 5.56 Å². The second-order valence-electron chi connectivity index (χ2n) is 7.16. The molecule has 3 aromatic rings. The van der Waals surface area contributed by atoms with E-state index in [0.29, 0.717) is 6.54 Å². The maximum absolute atomic E-state index is 13.5. The van der Waals surface area contributed by atoms with Gasteiger partial charge in [0.1, 0.15) is 44.3 Å². The van der Waals surface area contributed by atoms with Crippen LogP contribution in [0.1, 0.15) is 23.2 Å². The van der Waals surface area contributed by atoms with Gasteiger partial charge in [-0.15, -0.1) is 5.10 Å². The third kappa shape index (κ3) is 4.02. The molecular formula is C20H25FN6O+2. The van der Waals surface area contributed by atoms with Crippen molar-refractivity contribution in [2.75, 3.05) is 32.7 Å². The van der Waals surface area contributed by atoms with Crippen LogP contribution >= 0.6 is 0 Å². The van der Waals surface area contributed by atoms with Gasteiger partial charge in [-0.25, -0.2) is 9.07 Å². The van der Waals surface area contributed by atoms with E-state index in [1.807, 2.05) is 30.3 Å². The van der Waals surface area contributed by atoms with E-state index in [2.05, 4.69) is 22.1 Å². The van der Waals surface area contributed by atoms with Crippen LogP contribution in [0.4, 0.5) is 4.39 Å². The lowest BCUT2D eigenvalue weighted by Crippen LogP contribution is -3.28. The zero-order valence-electron chi connectivity index (χ0n) is 15.7. The molecule has 7 nitrogen and oxygen atoms in total. The molecule has 3 heterocycles. The molecule has 146 valence electrons. The minimum atomic E-state index is -0.243. The van der Waals surface area contributed by atoms with Crippen molar-refractivity contribution < 1.29 is 18.6 Å². The SMILES string of the molecule is C=CC[NH+]1CC[NH+]([C@H](c2ccc(F)cc2)c2nnnn2Cc2ccco2)CC1.